The fourth-order valence-electron chi connectivity index (χ4n) is 3.24. The van der Waals surface area contributed by atoms with Crippen LogP contribution in [0.4, 0.5) is 11.8 Å². The molecular formula is C23H23Cl3N4O4S. The lowest BCUT2D eigenvalue weighted by Crippen LogP contribution is -2.20. The summed E-state index contributed by atoms with van der Waals surface area (Å²) >= 11 is 18.5. The molecule has 1 heterocycles. The first-order valence-corrected chi connectivity index (χ1v) is 13.5. The lowest BCUT2D eigenvalue weighted by atomic mass is 9.78. The van der Waals surface area contributed by atoms with Gasteiger partial charge in [-0.3, -0.25) is 9.52 Å². The molecule has 12 heteroatoms. The summed E-state index contributed by atoms with van der Waals surface area (Å²) in [6.45, 7) is 4.32. The van der Waals surface area contributed by atoms with E-state index in [1.165, 1.54) is 12.3 Å². The zero-order valence-corrected chi connectivity index (χ0v) is 22.2. The zero-order chi connectivity index (χ0) is 25.8. The van der Waals surface area contributed by atoms with Crippen molar-refractivity contribution in [1.82, 2.24) is 9.97 Å². The van der Waals surface area contributed by atoms with E-state index in [4.69, 9.17) is 39.5 Å². The van der Waals surface area contributed by atoms with Crippen molar-refractivity contribution in [3.63, 3.8) is 0 Å². The van der Waals surface area contributed by atoms with Gasteiger partial charge in [-0.15, -0.1) is 11.6 Å². The molecule has 1 aromatic heterocycles. The van der Waals surface area contributed by atoms with Crippen molar-refractivity contribution in [3.8, 4) is 5.75 Å². The highest BCUT2D eigenvalue weighted by atomic mass is 35.5. The maximum absolute atomic E-state index is 12.7. The zero-order valence-electron chi connectivity index (χ0n) is 19.1. The maximum atomic E-state index is 12.7. The van der Waals surface area contributed by atoms with Crippen LogP contribution < -0.4 is 14.8 Å². The standard InChI is InChI=1S/C23H23Cl3N4O4S/c1-23(2,16-12-17(25)20(18(26)13-16)34-11-9-24)15-6-4-14(5-7-15)21(31)28-19-8-10-27-22(29-19)30-35(3,32)33/h4-8,10,12-13H,9,11H2,1-3H3,(H2,27,28,29,30,31). The number of carbonyl (C=O) groups excluding carboxylic acids is 1. The van der Waals surface area contributed by atoms with Gasteiger partial charge in [-0.05, 0) is 41.5 Å². The predicted molar refractivity (Wildman–Crippen MR) is 140 cm³/mol. The van der Waals surface area contributed by atoms with E-state index in [0.29, 0.717) is 27.2 Å². The Morgan fingerprint density at radius 2 is 1.69 bits per heavy atom. The van der Waals surface area contributed by atoms with Gasteiger partial charge in [0.15, 0.2) is 5.75 Å². The Kier molecular flexibility index (Phi) is 8.48. The minimum absolute atomic E-state index is 0.140. The first kappa shape index (κ1) is 27.0. The topological polar surface area (TPSA) is 110 Å². The van der Waals surface area contributed by atoms with Crippen molar-refractivity contribution in [2.45, 2.75) is 19.3 Å². The van der Waals surface area contributed by atoms with Gasteiger partial charge in [-0.2, -0.15) is 4.98 Å². The van der Waals surface area contributed by atoms with E-state index in [0.717, 1.165) is 17.4 Å². The Bertz CT molecular complexity index is 1310. The first-order valence-electron chi connectivity index (χ1n) is 10.3. The molecule has 3 aromatic rings. The number of hydrogen-bond donors (Lipinski definition) is 2. The number of rotatable bonds is 9. The van der Waals surface area contributed by atoms with Crippen molar-refractivity contribution in [2.75, 3.05) is 28.8 Å². The summed E-state index contributed by atoms with van der Waals surface area (Å²) in [6, 6.07) is 12.1. The van der Waals surface area contributed by atoms with Crippen LogP contribution in [0.1, 0.15) is 35.3 Å². The highest BCUT2D eigenvalue weighted by molar-refractivity contribution is 7.91. The molecule has 0 spiro atoms. The smallest absolute Gasteiger partial charge is 0.256 e. The number of ether oxygens (including phenoxy) is 1. The number of hydrogen-bond acceptors (Lipinski definition) is 6. The van der Waals surface area contributed by atoms with Gasteiger partial charge in [-0.25, -0.2) is 13.4 Å². The SMILES string of the molecule is CC(C)(c1ccc(C(=O)Nc2ccnc(NS(C)(=O)=O)n2)cc1)c1cc(Cl)c(OCCCl)c(Cl)c1. The molecule has 0 aliphatic rings. The quantitative estimate of drug-likeness (QED) is 0.343. The van der Waals surface area contributed by atoms with Gasteiger partial charge >= 0.3 is 0 Å². The molecule has 2 aromatic carbocycles. The molecule has 0 saturated heterocycles. The molecule has 35 heavy (non-hydrogen) atoms. The van der Waals surface area contributed by atoms with Crippen LogP contribution in [0.15, 0.2) is 48.7 Å². The highest BCUT2D eigenvalue weighted by Crippen LogP contribution is 2.40. The van der Waals surface area contributed by atoms with E-state index in [1.807, 2.05) is 26.0 Å². The van der Waals surface area contributed by atoms with Crippen LogP contribution in [0.2, 0.25) is 10.0 Å². The van der Waals surface area contributed by atoms with Gasteiger partial charge in [-0.1, -0.05) is 49.2 Å². The Morgan fingerprint density at radius 3 is 2.26 bits per heavy atom. The van der Waals surface area contributed by atoms with Crippen molar-refractivity contribution in [2.24, 2.45) is 0 Å². The van der Waals surface area contributed by atoms with Crippen LogP contribution in [0.5, 0.6) is 5.75 Å². The Labute approximate surface area is 219 Å². The van der Waals surface area contributed by atoms with E-state index >= 15 is 0 Å². The third-order valence-corrected chi connectivity index (χ3v) is 6.36. The number of benzene rings is 2. The number of nitrogens with zero attached hydrogens (tertiary/aromatic N) is 2. The molecule has 8 nitrogen and oxygen atoms in total. The molecule has 0 atom stereocenters. The van der Waals surface area contributed by atoms with Crippen LogP contribution in [0, 0.1) is 0 Å². The first-order chi connectivity index (χ1) is 16.4. The van der Waals surface area contributed by atoms with Crippen molar-refractivity contribution < 1.29 is 17.9 Å². The number of aromatic nitrogens is 2. The second-order valence-corrected chi connectivity index (χ2v) is 11.0. The van der Waals surface area contributed by atoms with E-state index in [9.17, 15) is 13.2 Å². The molecular weight excluding hydrogens is 535 g/mol. The lowest BCUT2D eigenvalue weighted by Gasteiger charge is -2.27. The molecule has 0 saturated carbocycles. The summed E-state index contributed by atoms with van der Waals surface area (Å²) in [4.78, 5) is 20.5. The molecule has 2 N–H and O–H groups in total. The van der Waals surface area contributed by atoms with Gasteiger partial charge in [0.2, 0.25) is 16.0 Å². The molecule has 0 aliphatic carbocycles. The number of alkyl halides is 1. The third kappa shape index (κ3) is 6.98. The monoisotopic (exact) mass is 556 g/mol. The minimum Gasteiger partial charge on any atom is -0.489 e. The average Bonchev–Trinajstić information content (AvgIpc) is 2.77. The molecule has 3 rings (SSSR count). The fraction of sp³-hybridized carbons (Fsp3) is 0.261. The highest BCUT2D eigenvalue weighted by Gasteiger charge is 2.26. The third-order valence-electron chi connectivity index (χ3n) is 5.09. The van der Waals surface area contributed by atoms with E-state index in [2.05, 4.69) is 20.0 Å². The normalized spacial score (nSPS) is 11.7. The van der Waals surface area contributed by atoms with Gasteiger partial charge in [0.25, 0.3) is 5.91 Å². The number of carbonyl (C=O) groups is 1. The number of halogens is 3. The van der Waals surface area contributed by atoms with Crippen molar-refractivity contribution in [1.29, 1.82) is 0 Å². The Morgan fingerprint density at radius 1 is 1.06 bits per heavy atom. The summed E-state index contributed by atoms with van der Waals surface area (Å²) in [7, 11) is -3.55. The largest absolute Gasteiger partial charge is 0.489 e. The van der Waals surface area contributed by atoms with Crippen LogP contribution >= 0.6 is 34.8 Å². The summed E-state index contributed by atoms with van der Waals surface area (Å²) in [5.74, 6) is 0.306. The lowest BCUT2D eigenvalue weighted by molar-refractivity contribution is 0.102. The molecule has 1 amide bonds. The number of anilines is 2. The predicted octanol–water partition coefficient (Wildman–Crippen LogP) is 5.35. The van der Waals surface area contributed by atoms with Crippen LogP contribution in [0.25, 0.3) is 0 Å². The second kappa shape index (κ2) is 11.0. The molecule has 0 bridgehead atoms. The fourth-order valence-corrected chi connectivity index (χ4v) is 4.34. The van der Waals surface area contributed by atoms with Crippen molar-refractivity contribution in [3.05, 3.63) is 75.4 Å². The average molecular weight is 558 g/mol. The Balaban J connectivity index is 1.78. The molecule has 0 unspecified atom stereocenters. The minimum atomic E-state index is -3.55. The van der Waals surface area contributed by atoms with Crippen LogP contribution in [0.3, 0.4) is 0 Å². The number of amides is 1. The summed E-state index contributed by atoms with van der Waals surface area (Å²) in [6.07, 6.45) is 2.32. The maximum Gasteiger partial charge on any atom is 0.256 e. The van der Waals surface area contributed by atoms with E-state index in [1.54, 1.807) is 24.3 Å². The summed E-state index contributed by atoms with van der Waals surface area (Å²) in [5, 5.41) is 3.40. The van der Waals surface area contributed by atoms with Gasteiger partial charge in [0, 0.05) is 17.2 Å². The molecule has 0 aliphatic heterocycles. The van der Waals surface area contributed by atoms with E-state index in [-0.39, 0.29) is 18.4 Å². The van der Waals surface area contributed by atoms with Crippen LogP contribution in [-0.2, 0) is 15.4 Å². The molecule has 0 radical (unpaired) electrons. The number of sulfonamides is 1. The second-order valence-electron chi connectivity index (χ2n) is 8.10. The van der Waals surface area contributed by atoms with E-state index < -0.39 is 21.3 Å². The molecule has 186 valence electrons. The molecule has 0 fully saturated rings. The number of nitrogens with one attached hydrogen (secondary N) is 2. The van der Waals surface area contributed by atoms with Crippen molar-refractivity contribution >= 4 is 62.5 Å². The summed E-state index contributed by atoms with van der Waals surface area (Å²) in [5.41, 5.74) is 1.71. The van der Waals surface area contributed by atoms with Crippen LogP contribution in [-0.4, -0.2) is 43.0 Å². The van der Waals surface area contributed by atoms with Gasteiger partial charge in [0.05, 0.1) is 22.2 Å². The Hall–Kier alpha value is -2.59. The van der Waals surface area contributed by atoms with Gasteiger partial charge < -0.3 is 10.1 Å². The van der Waals surface area contributed by atoms with Gasteiger partial charge in [0.1, 0.15) is 12.4 Å². The summed E-state index contributed by atoms with van der Waals surface area (Å²) < 4.78 is 30.4.